The first-order valence-corrected chi connectivity index (χ1v) is 9.32. The molecule has 0 atom stereocenters. The number of hydrogen-bond donors (Lipinski definition) is 2. The normalized spacial score (nSPS) is 13.7. The van der Waals surface area contributed by atoms with Crippen LogP contribution in [0.25, 0.3) is 5.57 Å². The Kier molecular flexibility index (Phi) is 5.17. The largest absolute Gasteiger partial charge is 0.329 e. The second-order valence-electron chi connectivity index (χ2n) is 7.76. The molecule has 1 aliphatic rings. The van der Waals surface area contributed by atoms with E-state index in [1.807, 2.05) is 45.0 Å². The third kappa shape index (κ3) is 4.16. The van der Waals surface area contributed by atoms with Crippen molar-refractivity contribution in [2.75, 3.05) is 5.32 Å². The molecule has 3 rings (SSSR count). The van der Waals surface area contributed by atoms with Crippen LogP contribution in [-0.4, -0.2) is 6.03 Å². The van der Waals surface area contributed by atoms with Crippen molar-refractivity contribution in [2.24, 2.45) is 0 Å². The lowest BCUT2D eigenvalue weighted by Gasteiger charge is -2.28. The minimum absolute atomic E-state index is 0.188. The fourth-order valence-electron chi connectivity index (χ4n) is 3.50. The summed E-state index contributed by atoms with van der Waals surface area (Å²) in [6, 6.07) is 14.2. The van der Waals surface area contributed by atoms with Crippen molar-refractivity contribution >= 4 is 17.3 Å². The Morgan fingerprint density at radius 3 is 2.50 bits per heavy atom. The number of carbonyl (C=O) groups is 1. The predicted octanol–water partition coefficient (Wildman–Crippen LogP) is 5.66. The molecular weight excluding hydrogens is 320 g/mol. The molecule has 2 aromatic carbocycles. The fraction of sp³-hybridized carbons (Fsp3) is 0.348. The van der Waals surface area contributed by atoms with Crippen LogP contribution in [0.5, 0.6) is 0 Å². The van der Waals surface area contributed by atoms with Crippen LogP contribution < -0.4 is 10.6 Å². The Labute approximate surface area is 156 Å². The summed E-state index contributed by atoms with van der Waals surface area (Å²) in [6.07, 6.45) is 4.74. The zero-order valence-corrected chi connectivity index (χ0v) is 16.0. The molecule has 3 heteroatoms. The van der Waals surface area contributed by atoms with E-state index in [0.717, 1.165) is 35.2 Å². The number of nitrogens with one attached hydrogen (secondary N) is 2. The summed E-state index contributed by atoms with van der Waals surface area (Å²) in [6.45, 7) is 10.0. The Bertz CT molecular complexity index is 836. The second-order valence-corrected chi connectivity index (χ2v) is 7.76. The van der Waals surface area contributed by atoms with Gasteiger partial charge in [-0.05, 0) is 86.9 Å². The molecule has 2 N–H and O–H groups in total. The first-order valence-electron chi connectivity index (χ1n) is 9.32. The molecule has 0 unspecified atom stereocenters. The number of allylic oxidation sites excluding steroid dienone is 1. The molecule has 0 aromatic heterocycles. The average Bonchev–Trinajstić information content (AvgIpc) is 2.61. The van der Waals surface area contributed by atoms with Crippen molar-refractivity contribution in [3.8, 4) is 0 Å². The van der Waals surface area contributed by atoms with Gasteiger partial charge in [0.15, 0.2) is 0 Å². The lowest BCUT2D eigenvalue weighted by molar-refractivity contribution is 0.242. The van der Waals surface area contributed by atoms with Crippen LogP contribution in [-0.2, 0) is 18.4 Å². The van der Waals surface area contributed by atoms with E-state index in [4.69, 9.17) is 0 Å². The minimum atomic E-state index is -0.482. The van der Waals surface area contributed by atoms with E-state index >= 15 is 0 Å². The van der Waals surface area contributed by atoms with Gasteiger partial charge in [0.2, 0.25) is 0 Å². The van der Waals surface area contributed by atoms with Crippen molar-refractivity contribution < 1.29 is 4.79 Å². The quantitative estimate of drug-likeness (QED) is 0.736. The monoisotopic (exact) mass is 348 g/mol. The number of urea groups is 1. The molecule has 1 aliphatic carbocycles. The zero-order chi connectivity index (χ0) is 18.7. The summed E-state index contributed by atoms with van der Waals surface area (Å²) in [4.78, 5) is 12.5. The topological polar surface area (TPSA) is 41.1 Å². The number of benzene rings is 2. The number of carbonyl (C=O) groups excluding carboxylic acids is 1. The van der Waals surface area contributed by atoms with Gasteiger partial charge in [0.1, 0.15) is 0 Å². The van der Waals surface area contributed by atoms with Crippen LogP contribution in [0.1, 0.15) is 55.9 Å². The van der Waals surface area contributed by atoms with Gasteiger partial charge in [-0.3, -0.25) is 0 Å². The van der Waals surface area contributed by atoms with E-state index in [1.54, 1.807) is 0 Å². The lowest BCUT2D eigenvalue weighted by atomic mass is 9.91. The Balaban J connectivity index is 1.70. The molecule has 0 spiro atoms. The summed E-state index contributed by atoms with van der Waals surface area (Å²) in [5, 5.41) is 6.08. The van der Waals surface area contributed by atoms with Gasteiger partial charge in [0.25, 0.3) is 0 Å². The number of fused-ring (bicyclic) bond motifs is 1. The summed E-state index contributed by atoms with van der Waals surface area (Å²) < 4.78 is 0. The van der Waals surface area contributed by atoms with Crippen LogP contribution in [0.4, 0.5) is 10.5 Å². The average molecular weight is 348 g/mol. The molecule has 3 nitrogen and oxygen atoms in total. The number of anilines is 1. The van der Waals surface area contributed by atoms with E-state index in [0.29, 0.717) is 0 Å². The van der Waals surface area contributed by atoms with Gasteiger partial charge in [-0.2, -0.15) is 0 Å². The number of aryl methyl sites for hydroxylation is 2. The number of hydrogen-bond acceptors (Lipinski definition) is 1. The van der Waals surface area contributed by atoms with Gasteiger partial charge in [0.05, 0.1) is 5.54 Å². The standard InChI is InChI=1S/C23H28N2O/c1-16(2)18-10-7-11-20(14-18)23(3,4)25-22(26)24-21-13-12-17-8-5-6-9-19(17)15-21/h7,10-15H,1,5-6,8-9H2,2-4H3,(H2,24,25,26). The van der Waals surface area contributed by atoms with Crippen LogP contribution in [0.15, 0.2) is 49.0 Å². The van der Waals surface area contributed by atoms with E-state index < -0.39 is 5.54 Å². The fourth-order valence-corrected chi connectivity index (χ4v) is 3.50. The lowest BCUT2D eigenvalue weighted by Crippen LogP contribution is -2.43. The van der Waals surface area contributed by atoms with E-state index in [1.165, 1.54) is 24.0 Å². The molecule has 26 heavy (non-hydrogen) atoms. The Hall–Kier alpha value is -2.55. The van der Waals surface area contributed by atoms with Crippen molar-refractivity contribution in [2.45, 2.75) is 52.0 Å². The van der Waals surface area contributed by atoms with Gasteiger partial charge in [-0.1, -0.05) is 36.4 Å². The summed E-state index contributed by atoms with van der Waals surface area (Å²) in [7, 11) is 0. The molecule has 0 radical (unpaired) electrons. The molecule has 0 heterocycles. The van der Waals surface area contributed by atoms with Gasteiger partial charge >= 0.3 is 6.03 Å². The molecular formula is C23H28N2O. The van der Waals surface area contributed by atoms with Crippen LogP contribution in [0, 0.1) is 0 Å². The van der Waals surface area contributed by atoms with Gasteiger partial charge in [0, 0.05) is 5.69 Å². The summed E-state index contributed by atoms with van der Waals surface area (Å²) in [5.41, 5.74) is 6.31. The van der Waals surface area contributed by atoms with Crippen molar-refractivity contribution in [3.05, 3.63) is 71.3 Å². The third-order valence-corrected chi connectivity index (χ3v) is 5.11. The molecule has 0 fully saturated rings. The predicted molar refractivity (Wildman–Crippen MR) is 109 cm³/mol. The highest BCUT2D eigenvalue weighted by molar-refractivity contribution is 5.90. The summed E-state index contributed by atoms with van der Waals surface area (Å²) in [5.74, 6) is 0. The van der Waals surface area contributed by atoms with E-state index in [9.17, 15) is 4.79 Å². The maximum absolute atomic E-state index is 12.5. The van der Waals surface area contributed by atoms with Crippen molar-refractivity contribution in [1.29, 1.82) is 0 Å². The Morgan fingerprint density at radius 2 is 1.77 bits per heavy atom. The molecule has 0 saturated carbocycles. The molecule has 0 aliphatic heterocycles. The highest BCUT2D eigenvalue weighted by Crippen LogP contribution is 2.26. The Morgan fingerprint density at radius 1 is 1.04 bits per heavy atom. The smallest absolute Gasteiger partial charge is 0.319 e. The highest BCUT2D eigenvalue weighted by Gasteiger charge is 2.23. The third-order valence-electron chi connectivity index (χ3n) is 5.11. The van der Waals surface area contributed by atoms with Crippen LogP contribution in [0.2, 0.25) is 0 Å². The molecule has 0 saturated heterocycles. The van der Waals surface area contributed by atoms with Gasteiger partial charge in [-0.15, -0.1) is 0 Å². The maximum atomic E-state index is 12.5. The first kappa shape index (κ1) is 18.2. The van der Waals surface area contributed by atoms with E-state index in [-0.39, 0.29) is 6.03 Å². The molecule has 2 aromatic rings. The maximum Gasteiger partial charge on any atom is 0.319 e. The SMILES string of the molecule is C=C(C)c1cccc(C(C)(C)NC(=O)Nc2ccc3c(c2)CCCC3)c1. The molecule has 136 valence electrons. The molecule has 2 amide bonds. The zero-order valence-electron chi connectivity index (χ0n) is 16.0. The molecule has 0 bridgehead atoms. The number of amides is 2. The van der Waals surface area contributed by atoms with Crippen molar-refractivity contribution in [3.63, 3.8) is 0 Å². The van der Waals surface area contributed by atoms with Crippen molar-refractivity contribution in [1.82, 2.24) is 5.32 Å². The number of rotatable bonds is 4. The van der Waals surface area contributed by atoms with Gasteiger partial charge in [-0.25, -0.2) is 4.79 Å². The highest BCUT2D eigenvalue weighted by atomic mass is 16.2. The van der Waals surface area contributed by atoms with Crippen LogP contribution in [0.3, 0.4) is 0 Å². The minimum Gasteiger partial charge on any atom is -0.329 e. The van der Waals surface area contributed by atoms with Crippen LogP contribution >= 0.6 is 0 Å². The second kappa shape index (κ2) is 7.36. The summed E-state index contributed by atoms with van der Waals surface area (Å²) >= 11 is 0. The first-order chi connectivity index (χ1) is 12.3. The van der Waals surface area contributed by atoms with Gasteiger partial charge < -0.3 is 10.6 Å². The van der Waals surface area contributed by atoms with E-state index in [2.05, 4.69) is 35.4 Å².